The van der Waals surface area contributed by atoms with Gasteiger partial charge < -0.3 is 18.9 Å². The number of benzene rings is 2. The maximum Gasteiger partial charge on any atom is 0.338 e. The van der Waals surface area contributed by atoms with Gasteiger partial charge in [0.2, 0.25) is 0 Å². The Bertz CT molecular complexity index is 2080. The first kappa shape index (κ1) is 32.5. The monoisotopic (exact) mass is 667 g/mol. The normalized spacial score (nSPS) is 15.8. The minimum absolute atomic E-state index is 0.00681. The van der Waals surface area contributed by atoms with Gasteiger partial charge >= 0.3 is 5.97 Å². The number of rotatable bonds is 8. The molecule has 1 atom stereocenters. The van der Waals surface area contributed by atoms with Crippen molar-refractivity contribution >= 4 is 22.7 Å². The van der Waals surface area contributed by atoms with Crippen molar-refractivity contribution in [1.82, 2.24) is 19.0 Å². The molecule has 5 aromatic rings. The predicted octanol–water partition coefficient (Wildman–Crippen LogP) is 6.30. The lowest BCUT2D eigenvalue weighted by Crippen LogP contribution is -2.36. The van der Waals surface area contributed by atoms with E-state index in [0.29, 0.717) is 38.9 Å². The van der Waals surface area contributed by atoms with E-state index in [1.807, 2.05) is 49.6 Å². The first-order chi connectivity index (χ1) is 23.7. The van der Waals surface area contributed by atoms with Gasteiger partial charge in [-0.3, -0.25) is 14.3 Å². The van der Waals surface area contributed by atoms with Crippen LogP contribution in [-0.2, 0) is 24.8 Å². The molecule has 1 fully saturated rings. The summed E-state index contributed by atoms with van der Waals surface area (Å²) in [6, 6.07) is 16.1. The van der Waals surface area contributed by atoms with Crippen LogP contribution in [0.2, 0.25) is 0 Å². The van der Waals surface area contributed by atoms with E-state index < -0.39 is 17.6 Å². The lowest BCUT2D eigenvalue weighted by molar-refractivity contribution is 0.0599. The molecule has 2 aliphatic heterocycles. The summed E-state index contributed by atoms with van der Waals surface area (Å²) in [6.07, 6.45) is 5.42. The van der Waals surface area contributed by atoms with Crippen molar-refractivity contribution in [3.63, 3.8) is 0 Å². The topological polar surface area (TPSA) is 81.8 Å². The summed E-state index contributed by atoms with van der Waals surface area (Å²) >= 11 is 0. The second-order valence-electron chi connectivity index (χ2n) is 12.9. The minimum Gasteiger partial charge on any atom is -0.497 e. The summed E-state index contributed by atoms with van der Waals surface area (Å²) in [7, 11) is 4.81. The highest BCUT2D eigenvalue weighted by Crippen LogP contribution is 2.37. The Morgan fingerprint density at radius 1 is 0.980 bits per heavy atom. The number of likely N-dealkylation sites (tertiary alicyclic amines) is 1. The third kappa shape index (κ3) is 5.86. The number of methoxy groups -OCH3 is 2. The van der Waals surface area contributed by atoms with Crippen LogP contribution in [0, 0.1) is 11.6 Å². The molecule has 254 valence electrons. The van der Waals surface area contributed by atoms with Crippen LogP contribution in [0.1, 0.15) is 64.5 Å². The Balaban J connectivity index is 1.11. The summed E-state index contributed by atoms with van der Waals surface area (Å²) < 4.78 is 43.7. The number of halogens is 2. The Kier molecular flexibility index (Phi) is 8.70. The largest absolute Gasteiger partial charge is 0.497 e. The molecule has 0 saturated carbocycles. The number of hydrogen-bond donors (Lipinski definition) is 0. The molecule has 0 aliphatic carbocycles. The fourth-order valence-corrected chi connectivity index (χ4v) is 7.58. The highest BCUT2D eigenvalue weighted by Gasteiger charge is 2.31. The zero-order valence-electron chi connectivity index (χ0n) is 28.1. The molecule has 0 N–H and O–H groups in total. The number of esters is 1. The fourth-order valence-electron chi connectivity index (χ4n) is 7.58. The van der Waals surface area contributed by atoms with Crippen LogP contribution in [0.3, 0.4) is 0 Å². The van der Waals surface area contributed by atoms with E-state index in [9.17, 15) is 18.4 Å². The molecule has 7 rings (SSSR count). The quantitative estimate of drug-likeness (QED) is 0.180. The standard InChI is InChI=1S/C38H39F2N5O4/c1-23(43-15-10-25(11-16-43)35-30(39)19-26(20-31(35)40)38(47)49-4)34-21-29-33(9-14-41-36(29)42(34)2)45-18-13-32-28(37(45)46)12-17-44(32)22-24-5-7-27(48-3)8-6-24/h5-9,13-14,18-21,23,25H,10-12,15-17,22H2,1-4H3. The first-order valence-corrected chi connectivity index (χ1v) is 16.6. The van der Waals surface area contributed by atoms with E-state index in [0.717, 1.165) is 63.7 Å². The van der Waals surface area contributed by atoms with Crippen LogP contribution in [-0.4, -0.2) is 58.8 Å². The maximum absolute atomic E-state index is 15.0. The number of aromatic nitrogens is 3. The van der Waals surface area contributed by atoms with Crippen molar-refractivity contribution in [2.45, 2.75) is 44.7 Å². The van der Waals surface area contributed by atoms with Crippen LogP contribution in [0.4, 0.5) is 14.5 Å². The highest BCUT2D eigenvalue weighted by molar-refractivity contribution is 5.89. The summed E-state index contributed by atoms with van der Waals surface area (Å²) in [4.78, 5) is 35.0. The number of anilines is 1. The first-order valence-electron chi connectivity index (χ1n) is 16.6. The summed E-state index contributed by atoms with van der Waals surface area (Å²) in [6.45, 7) is 4.89. The van der Waals surface area contributed by atoms with Crippen molar-refractivity contribution in [3.05, 3.63) is 117 Å². The number of pyridine rings is 2. The minimum atomic E-state index is -0.769. The summed E-state index contributed by atoms with van der Waals surface area (Å²) in [5.74, 6) is -1.69. The zero-order valence-corrected chi connectivity index (χ0v) is 28.1. The number of carbonyl (C=O) groups excluding carboxylic acids is 1. The van der Waals surface area contributed by atoms with Gasteiger partial charge in [0.15, 0.2) is 0 Å². The molecule has 1 unspecified atom stereocenters. The number of nitrogens with zero attached hydrogens (tertiary/aromatic N) is 5. The lowest BCUT2D eigenvalue weighted by Gasteiger charge is -2.36. The highest BCUT2D eigenvalue weighted by atomic mass is 19.1. The van der Waals surface area contributed by atoms with Crippen LogP contribution < -0.4 is 15.2 Å². The molecular formula is C38H39F2N5O4. The van der Waals surface area contributed by atoms with Crippen LogP contribution in [0.25, 0.3) is 16.7 Å². The Morgan fingerprint density at radius 3 is 2.37 bits per heavy atom. The molecule has 3 aromatic heterocycles. The third-order valence-electron chi connectivity index (χ3n) is 10.3. The van der Waals surface area contributed by atoms with E-state index in [1.165, 1.54) is 7.11 Å². The van der Waals surface area contributed by atoms with Gasteiger partial charge in [-0.1, -0.05) is 12.1 Å². The van der Waals surface area contributed by atoms with Gasteiger partial charge in [-0.2, -0.15) is 0 Å². The second-order valence-corrected chi connectivity index (χ2v) is 12.9. The fraction of sp³-hybridized carbons (Fsp3) is 0.342. The predicted molar refractivity (Wildman–Crippen MR) is 184 cm³/mol. The van der Waals surface area contributed by atoms with Crippen LogP contribution in [0.15, 0.2) is 71.8 Å². The van der Waals surface area contributed by atoms with Gasteiger partial charge in [0.05, 0.1) is 25.5 Å². The van der Waals surface area contributed by atoms with Gasteiger partial charge in [-0.25, -0.2) is 18.6 Å². The number of ether oxygens (including phenoxy) is 2. The molecule has 49 heavy (non-hydrogen) atoms. The van der Waals surface area contributed by atoms with E-state index in [4.69, 9.17) is 4.74 Å². The molecule has 0 radical (unpaired) electrons. The van der Waals surface area contributed by atoms with Gasteiger partial charge in [0, 0.05) is 66.5 Å². The average molecular weight is 668 g/mol. The van der Waals surface area contributed by atoms with Crippen molar-refractivity contribution in [2.24, 2.45) is 7.05 Å². The van der Waals surface area contributed by atoms with Crippen LogP contribution >= 0.6 is 0 Å². The van der Waals surface area contributed by atoms with E-state index in [2.05, 4.69) is 37.1 Å². The molecular weight excluding hydrogens is 628 g/mol. The molecule has 2 aromatic carbocycles. The SMILES string of the molecule is COC(=O)c1cc(F)c(C2CCN(C(C)c3cc4c(-n5ccc6c(c5=O)CCN6Cc5ccc(OC)cc5)ccnc4n3C)CC2)c(F)c1. The molecule has 11 heteroatoms. The van der Waals surface area contributed by atoms with Crippen molar-refractivity contribution < 1.29 is 23.0 Å². The number of piperidine rings is 1. The molecule has 0 bridgehead atoms. The summed E-state index contributed by atoms with van der Waals surface area (Å²) in [5.41, 5.74) is 5.38. The van der Waals surface area contributed by atoms with Gasteiger partial charge in [0.1, 0.15) is 23.0 Å². The lowest BCUT2D eigenvalue weighted by atomic mass is 9.87. The molecule has 5 heterocycles. The van der Waals surface area contributed by atoms with E-state index in [-0.39, 0.29) is 28.6 Å². The zero-order chi connectivity index (χ0) is 34.4. The van der Waals surface area contributed by atoms with Crippen molar-refractivity contribution in [3.8, 4) is 11.4 Å². The van der Waals surface area contributed by atoms with E-state index >= 15 is 0 Å². The Labute approximate surface area is 283 Å². The van der Waals surface area contributed by atoms with Crippen molar-refractivity contribution in [2.75, 3.05) is 38.8 Å². The molecule has 1 saturated heterocycles. The number of carbonyl (C=O) groups is 1. The number of fused-ring (bicyclic) bond motifs is 2. The number of hydrogen-bond acceptors (Lipinski definition) is 7. The third-order valence-corrected chi connectivity index (χ3v) is 10.3. The van der Waals surface area contributed by atoms with Crippen molar-refractivity contribution in [1.29, 1.82) is 0 Å². The summed E-state index contributed by atoms with van der Waals surface area (Å²) in [5, 5.41) is 0.881. The average Bonchev–Trinajstić information content (AvgIpc) is 3.69. The molecule has 2 aliphatic rings. The Morgan fingerprint density at radius 2 is 1.69 bits per heavy atom. The maximum atomic E-state index is 15.0. The number of aryl methyl sites for hydroxylation is 1. The Hall–Kier alpha value is -5.03. The van der Waals surface area contributed by atoms with Gasteiger partial charge in [-0.05, 0) is 93.2 Å². The molecule has 0 spiro atoms. The van der Waals surface area contributed by atoms with Gasteiger partial charge in [0.25, 0.3) is 5.56 Å². The van der Waals surface area contributed by atoms with Crippen LogP contribution in [0.5, 0.6) is 5.75 Å². The van der Waals surface area contributed by atoms with Gasteiger partial charge in [-0.15, -0.1) is 0 Å². The molecule has 9 nitrogen and oxygen atoms in total. The smallest absolute Gasteiger partial charge is 0.338 e. The van der Waals surface area contributed by atoms with E-state index in [1.54, 1.807) is 17.9 Å². The second kappa shape index (κ2) is 13.1. The molecule has 0 amide bonds.